The average Bonchev–Trinajstić information content (AvgIpc) is 3.19. The Labute approximate surface area is 123 Å². The van der Waals surface area contributed by atoms with Crippen LogP contribution < -0.4 is 0 Å². The van der Waals surface area contributed by atoms with Crippen molar-refractivity contribution in [3.63, 3.8) is 0 Å². The summed E-state index contributed by atoms with van der Waals surface area (Å²) in [6.45, 7) is 3.94. The zero-order valence-electron chi connectivity index (χ0n) is 11.5. The molecule has 1 aromatic heterocycles. The second-order valence-corrected chi connectivity index (χ2v) is 6.49. The zero-order chi connectivity index (χ0) is 14.1. The van der Waals surface area contributed by atoms with Gasteiger partial charge in [0.1, 0.15) is 0 Å². The Balaban J connectivity index is 1.74. The lowest BCUT2D eigenvalue weighted by molar-refractivity contribution is 0.247. The third-order valence-electron chi connectivity index (χ3n) is 3.80. The van der Waals surface area contributed by atoms with Crippen molar-refractivity contribution in [2.75, 3.05) is 0 Å². The second-order valence-electron chi connectivity index (χ2n) is 5.49. The number of hydrogen-bond acceptors (Lipinski definition) is 4. The molecule has 3 nitrogen and oxygen atoms in total. The first kappa shape index (κ1) is 13.5. The van der Waals surface area contributed by atoms with Gasteiger partial charge in [-0.3, -0.25) is 4.90 Å². The van der Waals surface area contributed by atoms with Gasteiger partial charge in [-0.25, -0.2) is 0 Å². The molecule has 0 aliphatic heterocycles. The molecular formula is C16H19NO2S. The summed E-state index contributed by atoms with van der Waals surface area (Å²) in [5, 5.41) is 21.1. The van der Waals surface area contributed by atoms with Crippen molar-refractivity contribution < 1.29 is 10.2 Å². The summed E-state index contributed by atoms with van der Waals surface area (Å²) >= 11 is 1.81. The van der Waals surface area contributed by atoms with Crippen LogP contribution in [0.5, 0.6) is 11.5 Å². The highest BCUT2D eigenvalue weighted by Gasteiger charge is 2.29. The summed E-state index contributed by atoms with van der Waals surface area (Å²) in [5.74, 6) is -0.0913. The van der Waals surface area contributed by atoms with Gasteiger partial charge in [-0.1, -0.05) is 6.07 Å². The molecule has 0 unspecified atom stereocenters. The third-order valence-corrected chi connectivity index (χ3v) is 4.81. The molecule has 1 aromatic carbocycles. The number of phenols is 2. The van der Waals surface area contributed by atoms with E-state index >= 15 is 0 Å². The van der Waals surface area contributed by atoms with Gasteiger partial charge in [-0.2, -0.15) is 0 Å². The Morgan fingerprint density at radius 3 is 2.55 bits per heavy atom. The number of hydrogen-bond donors (Lipinski definition) is 2. The van der Waals surface area contributed by atoms with Crippen molar-refractivity contribution in [3.05, 3.63) is 45.6 Å². The van der Waals surface area contributed by atoms with E-state index in [1.165, 1.54) is 23.3 Å². The molecular weight excluding hydrogens is 270 g/mol. The minimum atomic E-state index is -0.0548. The number of benzene rings is 1. The topological polar surface area (TPSA) is 43.7 Å². The monoisotopic (exact) mass is 289 g/mol. The first-order valence-electron chi connectivity index (χ1n) is 6.91. The summed E-state index contributed by atoms with van der Waals surface area (Å²) in [4.78, 5) is 3.88. The summed E-state index contributed by atoms with van der Waals surface area (Å²) in [5.41, 5.74) is 2.40. The molecule has 20 heavy (non-hydrogen) atoms. The average molecular weight is 289 g/mol. The quantitative estimate of drug-likeness (QED) is 0.826. The maximum Gasteiger partial charge on any atom is 0.157 e. The van der Waals surface area contributed by atoms with E-state index in [1.54, 1.807) is 12.1 Å². The van der Waals surface area contributed by atoms with Gasteiger partial charge in [0.05, 0.1) is 0 Å². The SMILES string of the molecule is Cc1ccsc1CN(Cc1ccc(O)c(O)c1)C1CC1. The van der Waals surface area contributed by atoms with Crippen LogP contribution in [0.1, 0.15) is 28.8 Å². The molecule has 0 atom stereocenters. The Morgan fingerprint density at radius 1 is 1.15 bits per heavy atom. The number of aryl methyl sites for hydroxylation is 1. The van der Waals surface area contributed by atoms with E-state index in [0.717, 1.165) is 18.7 Å². The van der Waals surface area contributed by atoms with Crippen LogP contribution in [0.2, 0.25) is 0 Å². The van der Waals surface area contributed by atoms with Crippen LogP contribution in [0.15, 0.2) is 29.6 Å². The summed E-state index contributed by atoms with van der Waals surface area (Å²) < 4.78 is 0. The number of thiophene rings is 1. The molecule has 2 aromatic rings. The molecule has 3 rings (SSSR count). The van der Waals surface area contributed by atoms with Crippen LogP contribution in [0.3, 0.4) is 0 Å². The Hall–Kier alpha value is -1.52. The fourth-order valence-electron chi connectivity index (χ4n) is 2.41. The fraction of sp³-hybridized carbons (Fsp3) is 0.375. The predicted octanol–water partition coefficient (Wildman–Crippen LogP) is 3.63. The molecule has 2 N–H and O–H groups in total. The van der Waals surface area contributed by atoms with Gasteiger partial charge in [0.2, 0.25) is 0 Å². The minimum Gasteiger partial charge on any atom is -0.504 e. The molecule has 0 saturated heterocycles. The highest BCUT2D eigenvalue weighted by molar-refractivity contribution is 7.10. The van der Waals surface area contributed by atoms with Gasteiger partial charge in [0, 0.05) is 24.0 Å². The first-order valence-corrected chi connectivity index (χ1v) is 7.79. The summed E-state index contributed by atoms with van der Waals surface area (Å²) in [6, 6.07) is 7.92. The van der Waals surface area contributed by atoms with E-state index in [-0.39, 0.29) is 11.5 Å². The van der Waals surface area contributed by atoms with Crippen molar-refractivity contribution >= 4 is 11.3 Å². The van der Waals surface area contributed by atoms with Gasteiger partial charge < -0.3 is 10.2 Å². The van der Waals surface area contributed by atoms with Crippen molar-refractivity contribution in [2.24, 2.45) is 0 Å². The lowest BCUT2D eigenvalue weighted by atomic mass is 10.1. The van der Waals surface area contributed by atoms with Crippen LogP contribution in [-0.2, 0) is 13.1 Å². The van der Waals surface area contributed by atoms with E-state index in [9.17, 15) is 10.2 Å². The Kier molecular flexibility index (Phi) is 3.68. The molecule has 106 valence electrons. The molecule has 4 heteroatoms. The zero-order valence-corrected chi connectivity index (χ0v) is 12.4. The number of rotatable bonds is 5. The third kappa shape index (κ3) is 2.97. The maximum absolute atomic E-state index is 9.60. The van der Waals surface area contributed by atoms with Crippen LogP contribution in [0, 0.1) is 6.92 Å². The van der Waals surface area contributed by atoms with Crippen molar-refractivity contribution in [1.29, 1.82) is 0 Å². The molecule has 1 aliphatic rings. The maximum atomic E-state index is 9.60. The normalized spacial score (nSPS) is 14.9. The van der Waals surface area contributed by atoms with Crippen molar-refractivity contribution in [1.82, 2.24) is 4.90 Å². The minimum absolute atomic E-state index is 0.0365. The van der Waals surface area contributed by atoms with Gasteiger partial charge >= 0.3 is 0 Å². The van der Waals surface area contributed by atoms with Crippen molar-refractivity contribution in [2.45, 2.75) is 38.9 Å². The molecule has 1 aliphatic carbocycles. The number of phenolic OH excluding ortho intramolecular Hbond substituents is 2. The highest BCUT2D eigenvalue weighted by Crippen LogP contribution is 2.33. The lowest BCUT2D eigenvalue weighted by Crippen LogP contribution is -2.24. The van der Waals surface area contributed by atoms with E-state index in [1.807, 2.05) is 17.4 Å². The van der Waals surface area contributed by atoms with Crippen LogP contribution >= 0.6 is 11.3 Å². The van der Waals surface area contributed by atoms with Crippen LogP contribution in [0.4, 0.5) is 0 Å². The Bertz CT molecular complexity index is 604. The molecule has 1 heterocycles. The Morgan fingerprint density at radius 2 is 1.95 bits per heavy atom. The van der Waals surface area contributed by atoms with E-state index < -0.39 is 0 Å². The molecule has 0 radical (unpaired) electrons. The molecule has 1 saturated carbocycles. The number of nitrogens with zero attached hydrogens (tertiary/aromatic N) is 1. The standard InChI is InChI=1S/C16H19NO2S/c1-11-6-7-20-16(11)10-17(13-3-4-13)9-12-2-5-14(18)15(19)8-12/h2,5-8,13,18-19H,3-4,9-10H2,1H3. The van der Waals surface area contributed by atoms with Gasteiger partial charge in [0.25, 0.3) is 0 Å². The van der Waals surface area contributed by atoms with Crippen LogP contribution in [-0.4, -0.2) is 21.2 Å². The molecule has 0 bridgehead atoms. The van der Waals surface area contributed by atoms with Crippen LogP contribution in [0.25, 0.3) is 0 Å². The van der Waals surface area contributed by atoms with Gasteiger partial charge in [0.15, 0.2) is 11.5 Å². The van der Waals surface area contributed by atoms with E-state index in [4.69, 9.17) is 0 Å². The molecule has 0 spiro atoms. The van der Waals surface area contributed by atoms with Crippen molar-refractivity contribution in [3.8, 4) is 11.5 Å². The number of aromatic hydroxyl groups is 2. The largest absolute Gasteiger partial charge is 0.504 e. The second kappa shape index (κ2) is 5.46. The van der Waals surface area contributed by atoms with E-state index in [0.29, 0.717) is 6.04 Å². The summed E-state index contributed by atoms with van der Waals surface area (Å²) in [7, 11) is 0. The van der Waals surface area contributed by atoms with Gasteiger partial charge in [-0.05, 0) is 54.5 Å². The summed E-state index contributed by atoms with van der Waals surface area (Å²) in [6.07, 6.45) is 2.52. The lowest BCUT2D eigenvalue weighted by Gasteiger charge is -2.22. The fourth-order valence-corrected chi connectivity index (χ4v) is 3.34. The highest BCUT2D eigenvalue weighted by atomic mass is 32.1. The van der Waals surface area contributed by atoms with Gasteiger partial charge in [-0.15, -0.1) is 11.3 Å². The molecule has 0 amide bonds. The predicted molar refractivity (Wildman–Crippen MR) is 81.1 cm³/mol. The first-order chi connectivity index (χ1) is 9.63. The van der Waals surface area contributed by atoms with E-state index in [2.05, 4.69) is 23.3 Å². The smallest absolute Gasteiger partial charge is 0.157 e. The molecule has 1 fully saturated rings.